The summed E-state index contributed by atoms with van der Waals surface area (Å²) in [6.45, 7) is 0. The molecule has 4 heteroatoms. The number of hydrogen-bond donors (Lipinski definition) is 1. The Hall–Kier alpha value is -1.68. The van der Waals surface area contributed by atoms with E-state index in [0.29, 0.717) is 17.8 Å². The standard InChI is InChI=1S/C12H12N2OS/c13-10-4-1-7-14-12(10)11(15)6-5-9-3-2-8-16-9/h1-4,7-8H,5-6,13H2. The highest BCUT2D eigenvalue weighted by Gasteiger charge is 2.10. The molecule has 0 aliphatic rings. The van der Waals surface area contributed by atoms with Crippen LogP contribution in [0.4, 0.5) is 5.69 Å². The average molecular weight is 232 g/mol. The van der Waals surface area contributed by atoms with E-state index < -0.39 is 0 Å². The third kappa shape index (κ3) is 2.46. The summed E-state index contributed by atoms with van der Waals surface area (Å²) in [5.74, 6) is 0.00602. The second kappa shape index (κ2) is 4.90. The second-order valence-electron chi connectivity index (χ2n) is 3.44. The molecule has 0 atom stereocenters. The van der Waals surface area contributed by atoms with Crippen LogP contribution in [0, 0.1) is 0 Å². The van der Waals surface area contributed by atoms with Crippen LogP contribution in [0.2, 0.25) is 0 Å². The Morgan fingerprint density at radius 1 is 1.38 bits per heavy atom. The van der Waals surface area contributed by atoms with Gasteiger partial charge in [0.25, 0.3) is 0 Å². The number of carbonyl (C=O) groups is 1. The van der Waals surface area contributed by atoms with Gasteiger partial charge in [-0.15, -0.1) is 11.3 Å². The summed E-state index contributed by atoms with van der Waals surface area (Å²) in [4.78, 5) is 17.0. The molecule has 0 amide bonds. The van der Waals surface area contributed by atoms with E-state index in [1.165, 1.54) is 4.88 Å². The van der Waals surface area contributed by atoms with Crippen molar-refractivity contribution >= 4 is 22.8 Å². The lowest BCUT2D eigenvalue weighted by Gasteiger charge is -2.02. The second-order valence-corrected chi connectivity index (χ2v) is 4.48. The number of hydrogen-bond acceptors (Lipinski definition) is 4. The van der Waals surface area contributed by atoms with Crippen molar-refractivity contribution in [1.82, 2.24) is 4.98 Å². The van der Waals surface area contributed by atoms with Crippen LogP contribution >= 0.6 is 11.3 Å². The monoisotopic (exact) mass is 232 g/mol. The highest BCUT2D eigenvalue weighted by atomic mass is 32.1. The maximum atomic E-state index is 11.8. The first-order chi connectivity index (χ1) is 7.77. The molecule has 0 fully saturated rings. The smallest absolute Gasteiger partial charge is 0.183 e. The minimum atomic E-state index is 0.00602. The zero-order valence-electron chi connectivity index (χ0n) is 8.72. The van der Waals surface area contributed by atoms with Gasteiger partial charge in [-0.05, 0) is 30.0 Å². The summed E-state index contributed by atoms with van der Waals surface area (Å²) < 4.78 is 0. The maximum absolute atomic E-state index is 11.8. The Morgan fingerprint density at radius 3 is 2.94 bits per heavy atom. The fourth-order valence-electron chi connectivity index (χ4n) is 1.46. The highest BCUT2D eigenvalue weighted by molar-refractivity contribution is 7.09. The number of anilines is 1. The largest absolute Gasteiger partial charge is 0.397 e. The molecule has 2 rings (SSSR count). The Labute approximate surface area is 97.9 Å². The fourth-order valence-corrected chi connectivity index (χ4v) is 2.17. The van der Waals surface area contributed by atoms with Gasteiger partial charge in [0, 0.05) is 17.5 Å². The van der Waals surface area contributed by atoms with Crippen LogP contribution in [0.5, 0.6) is 0 Å². The third-order valence-corrected chi connectivity index (χ3v) is 3.22. The van der Waals surface area contributed by atoms with E-state index in [0.717, 1.165) is 6.42 Å². The van der Waals surface area contributed by atoms with Crippen LogP contribution in [0.15, 0.2) is 35.8 Å². The van der Waals surface area contributed by atoms with Crippen LogP contribution in [0.1, 0.15) is 21.8 Å². The van der Waals surface area contributed by atoms with Crippen LogP contribution in [-0.2, 0) is 6.42 Å². The number of Topliss-reactive ketones (excluding diaryl/α,β-unsaturated/α-hetero) is 1. The maximum Gasteiger partial charge on any atom is 0.183 e. The Kier molecular flexibility index (Phi) is 3.31. The molecule has 0 spiro atoms. The van der Waals surface area contributed by atoms with Crippen LogP contribution in [-0.4, -0.2) is 10.8 Å². The zero-order chi connectivity index (χ0) is 11.4. The van der Waals surface area contributed by atoms with E-state index in [2.05, 4.69) is 4.98 Å². The molecular formula is C12H12N2OS. The number of nitrogens with two attached hydrogens (primary N) is 1. The van der Waals surface area contributed by atoms with Crippen molar-refractivity contribution in [2.24, 2.45) is 0 Å². The Morgan fingerprint density at radius 2 is 2.25 bits per heavy atom. The molecule has 0 saturated heterocycles. The van der Waals surface area contributed by atoms with E-state index >= 15 is 0 Å². The van der Waals surface area contributed by atoms with Crippen molar-refractivity contribution in [3.05, 3.63) is 46.4 Å². The topological polar surface area (TPSA) is 56.0 Å². The lowest BCUT2D eigenvalue weighted by atomic mass is 10.1. The summed E-state index contributed by atoms with van der Waals surface area (Å²) in [6, 6.07) is 7.44. The van der Waals surface area contributed by atoms with Crippen molar-refractivity contribution in [2.45, 2.75) is 12.8 Å². The van der Waals surface area contributed by atoms with Crippen LogP contribution < -0.4 is 5.73 Å². The van der Waals surface area contributed by atoms with Crippen molar-refractivity contribution in [2.75, 3.05) is 5.73 Å². The van der Waals surface area contributed by atoms with Crippen molar-refractivity contribution < 1.29 is 4.79 Å². The number of aryl methyl sites for hydroxylation is 1. The molecule has 2 aromatic rings. The van der Waals surface area contributed by atoms with Gasteiger partial charge in [0.05, 0.1) is 5.69 Å². The van der Waals surface area contributed by atoms with E-state index in [1.807, 2.05) is 17.5 Å². The van der Waals surface area contributed by atoms with E-state index in [9.17, 15) is 4.79 Å². The molecule has 0 aromatic carbocycles. The van der Waals surface area contributed by atoms with Crippen molar-refractivity contribution in [1.29, 1.82) is 0 Å². The van der Waals surface area contributed by atoms with Crippen molar-refractivity contribution in [3.8, 4) is 0 Å². The third-order valence-electron chi connectivity index (χ3n) is 2.28. The van der Waals surface area contributed by atoms with Gasteiger partial charge in [0.2, 0.25) is 0 Å². The number of ketones is 1. The molecule has 16 heavy (non-hydrogen) atoms. The minimum absolute atomic E-state index is 0.00602. The van der Waals surface area contributed by atoms with Gasteiger partial charge in [-0.1, -0.05) is 6.07 Å². The number of nitrogen functional groups attached to an aromatic ring is 1. The first-order valence-electron chi connectivity index (χ1n) is 5.03. The van der Waals surface area contributed by atoms with Gasteiger partial charge < -0.3 is 5.73 Å². The van der Waals surface area contributed by atoms with Gasteiger partial charge in [0.1, 0.15) is 5.69 Å². The predicted octanol–water partition coefficient (Wildman–Crippen LogP) is 2.54. The number of pyridine rings is 1. The molecule has 0 unspecified atom stereocenters. The number of carbonyl (C=O) groups excluding carboxylic acids is 1. The van der Waals surface area contributed by atoms with Crippen molar-refractivity contribution in [3.63, 3.8) is 0 Å². The number of rotatable bonds is 4. The van der Waals surface area contributed by atoms with E-state index in [4.69, 9.17) is 5.73 Å². The Balaban J connectivity index is 2.01. The zero-order valence-corrected chi connectivity index (χ0v) is 9.54. The molecule has 0 aliphatic heterocycles. The predicted molar refractivity (Wildman–Crippen MR) is 65.6 cm³/mol. The number of aromatic nitrogens is 1. The molecule has 0 aliphatic carbocycles. The summed E-state index contributed by atoms with van der Waals surface area (Å²) in [5, 5.41) is 2.01. The number of nitrogens with zero attached hydrogens (tertiary/aromatic N) is 1. The van der Waals surface area contributed by atoms with E-state index in [1.54, 1.807) is 29.7 Å². The SMILES string of the molecule is Nc1cccnc1C(=O)CCc1cccs1. The normalized spacial score (nSPS) is 10.2. The first kappa shape index (κ1) is 10.8. The molecule has 0 radical (unpaired) electrons. The highest BCUT2D eigenvalue weighted by Crippen LogP contribution is 2.15. The fraction of sp³-hybridized carbons (Fsp3) is 0.167. The average Bonchev–Trinajstić information content (AvgIpc) is 2.79. The van der Waals surface area contributed by atoms with Gasteiger partial charge in [0.15, 0.2) is 5.78 Å². The van der Waals surface area contributed by atoms with Gasteiger partial charge >= 0.3 is 0 Å². The minimum Gasteiger partial charge on any atom is -0.397 e. The summed E-state index contributed by atoms with van der Waals surface area (Å²) in [7, 11) is 0. The lowest BCUT2D eigenvalue weighted by Crippen LogP contribution is -2.07. The summed E-state index contributed by atoms with van der Waals surface area (Å²) in [5.41, 5.74) is 6.53. The molecule has 2 N–H and O–H groups in total. The summed E-state index contributed by atoms with van der Waals surface area (Å²) in [6.07, 6.45) is 2.81. The van der Waals surface area contributed by atoms with Crippen LogP contribution in [0.25, 0.3) is 0 Å². The molecular weight excluding hydrogens is 220 g/mol. The quantitative estimate of drug-likeness (QED) is 0.824. The van der Waals surface area contributed by atoms with E-state index in [-0.39, 0.29) is 5.78 Å². The summed E-state index contributed by atoms with van der Waals surface area (Å²) >= 11 is 1.66. The number of thiophene rings is 1. The first-order valence-corrected chi connectivity index (χ1v) is 5.91. The molecule has 2 aromatic heterocycles. The van der Waals surface area contributed by atoms with Crippen LogP contribution in [0.3, 0.4) is 0 Å². The molecule has 82 valence electrons. The molecule has 0 bridgehead atoms. The van der Waals surface area contributed by atoms with Gasteiger partial charge in [-0.2, -0.15) is 0 Å². The molecule has 2 heterocycles. The van der Waals surface area contributed by atoms with Gasteiger partial charge in [-0.3, -0.25) is 9.78 Å². The Bertz CT molecular complexity index is 480. The molecule has 3 nitrogen and oxygen atoms in total. The van der Waals surface area contributed by atoms with Gasteiger partial charge in [-0.25, -0.2) is 0 Å². The molecule has 0 saturated carbocycles. The lowest BCUT2D eigenvalue weighted by molar-refractivity contribution is 0.0979.